The van der Waals surface area contributed by atoms with Crippen molar-refractivity contribution in [3.05, 3.63) is 79.8 Å². The highest BCUT2D eigenvalue weighted by Crippen LogP contribution is 2.33. The maximum absolute atomic E-state index is 13.2. The molecule has 2 N–H and O–H groups in total. The van der Waals surface area contributed by atoms with E-state index in [0.29, 0.717) is 22.7 Å². The number of benzene rings is 2. The Morgan fingerprint density at radius 1 is 1.16 bits per heavy atom. The van der Waals surface area contributed by atoms with E-state index in [0.717, 1.165) is 4.57 Å². The second kappa shape index (κ2) is 7.40. The molecule has 9 nitrogen and oxygen atoms in total. The maximum atomic E-state index is 13.2. The molecule has 0 fully saturated rings. The average Bonchev–Trinajstić information content (AvgIpc) is 3.21. The molecule has 2 aromatic carbocycles. The Morgan fingerprint density at radius 3 is 2.84 bits per heavy atom. The van der Waals surface area contributed by atoms with Crippen LogP contribution >= 0.6 is 11.6 Å². The number of fused-ring (bicyclic) bond motifs is 2. The monoisotopic (exact) mass is 441 g/mol. The number of rotatable bonds is 4. The third-order valence-corrected chi connectivity index (χ3v) is 5.07. The van der Waals surface area contributed by atoms with E-state index in [2.05, 4.69) is 20.3 Å². The van der Waals surface area contributed by atoms with Gasteiger partial charge in [0.25, 0.3) is 5.56 Å². The van der Waals surface area contributed by atoms with E-state index in [1.165, 1.54) is 24.4 Å². The van der Waals surface area contributed by atoms with Gasteiger partial charge in [0, 0.05) is 23.8 Å². The van der Waals surface area contributed by atoms with Gasteiger partial charge >= 0.3 is 5.69 Å². The molecule has 0 unspecified atom stereocenters. The predicted molar refractivity (Wildman–Crippen MR) is 111 cm³/mol. The van der Waals surface area contributed by atoms with Gasteiger partial charge in [0.15, 0.2) is 17.1 Å². The summed E-state index contributed by atoms with van der Waals surface area (Å²) in [4.78, 5) is 36.5. The second-order valence-corrected chi connectivity index (χ2v) is 7.06. The standard InChI is InChI=1S/C20H13ClFN5O4/c21-14-5-11(22)2-1-10(14)7-23-19-24-8-13-17(25-19)26-20(29)27(18(13)28)12-3-4-15-16(6-12)31-9-30-15/h1-6,8H,7,9H2,(H2,23,24,25,26,29). The molecule has 0 saturated heterocycles. The SMILES string of the molecule is O=c1[nH]c2nc(NCc3ccc(F)cc3Cl)ncc2c(=O)n1-c1ccc2c(c1)OCO2. The van der Waals surface area contributed by atoms with Crippen LogP contribution in [0.25, 0.3) is 16.7 Å². The Morgan fingerprint density at radius 2 is 2.00 bits per heavy atom. The summed E-state index contributed by atoms with van der Waals surface area (Å²) >= 11 is 6.01. The first-order chi connectivity index (χ1) is 15.0. The summed E-state index contributed by atoms with van der Waals surface area (Å²) < 4.78 is 24.7. The smallest absolute Gasteiger partial charge is 0.334 e. The summed E-state index contributed by atoms with van der Waals surface area (Å²) in [5.74, 6) is 0.712. The zero-order chi connectivity index (χ0) is 21.5. The fraction of sp³-hybridized carbons (Fsp3) is 0.100. The van der Waals surface area contributed by atoms with Crippen LogP contribution in [0.4, 0.5) is 10.3 Å². The van der Waals surface area contributed by atoms with Crippen LogP contribution in [0.1, 0.15) is 5.56 Å². The summed E-state index contributed by atoms with van der Waals surface area (Å²) in [7, 11) is 0. The van der Waals surface area contributed by atoms with Gasteiger partial charge in [-0.2, -0.15) is 4.98 Å². The molecule has 5 rings (SSSR count). The molecule has 0 aliphatic carbocycles. The first kappa shape index (κ1) is 19.1. The first-order valence-electron chi connectivity index (χ1n) is 9.09. The lowest BCUT2D eigenvalue weighted by Gasteiger charge is -2.09. The number of halogens is 2. The quantitative estimate of drug-likeness (QED) is 0.500. The van der Waals surface area contributed by atoms with Crippen molar-refractivity contribution in [2.24, 2.45) is 0 Å². The first-order valence-corrected chi connectivity index (χ1v) is 9.47. The summed E-state index contributed by atoms with van der Waals surface area (Å²) in [6.07, 6.45) is 1.32. The van der Waals surface area contributed by atoms with E-state index in [4.69, 9.17) is 21.1 Å². The van der Waals surface area contributed by atoms with Crippen LogP contribution in [0.15, 0.2) is 52.2 Å². The van der Waals surface area contributed by atoms with Gasteiger partial charge in [-0.3, -0.25) is 9.78 Å². The summed E-state index contributed by atoms with van der Waals surface area (Å²) in [6, 6.07) is 8.79. The van der Waals surface area contributed by atoms with Crippen LogP contribution in [0.2, 0.25) is 5.02 Å². The highest BCUT2D eigenvalue weighted by Gasteiger charge is 2.17. The molecule has 0 atom stereocenters. The van der Waals surface area contributed by atoms with Crippen molar-refractivity contribution in [1.29, 1.82) is 0 Å². The van der Waals surface area contributed by atoms with Crippen molar-refractivity contribution in [3.63, 3.8) is 0 Å². The fourth-order valence-corrected chi connectivity index (χ4v) is 3.42. The normalized spacial score (nSPS) is 12.3. The molecule has 2 aromatic heterocycles. The number of aromatic amines is 1. The van der Waals surface area contributed by atoms with E-state index >= 15 is 0 Å². The van der Waals surface area contributed by atoms with Crippen LogP contribution in [0, 0.1) is 5.82 Å². The molecular weight excluding hydrogens is 429 g/mol. The molecule has 0 spiro atoms. The van der Waals surface area contributed by atoms with Crippen LogP contribution in [0.3, 0.4) is 0 Å². The number of ether oxygens (including phenoxy) is 2. The molecule has 3 heterocycles. The Hall–Kier alpha value is -3.92. The summed E-state index contributed by atoms with van der Waals surface area (Å²) in [5.41, 5.74) is -0.202. The number of anilines is 1. The lowest BCUT2D eigenvalue weighted by Crippen LogP contribution is -2.34. The van der Waals surface area contributed by atoms with Gasteiger partial charge in [-0.1, -0.05) is 17.7 Å². The summed E-state index contributed by atoms with van der Waals surface area (Å²) in [5, 5.41) is 3.32. The molecule has 1 aliphatic heterocycles. The Balaban J connectivity index is 1.49. The van der Waals surface area contributed by atoms with E-state index in [1.54, 1.807) is 18.2 Å². The highest BCUT2D eigenvalue weighted by molar-refractivity contribution is 6.31. The lowest BCUT2D eigenvalue weighted by atomic mass is 10.2. The zero-order valence-electron chi connectivity index (χ0n) is 15.7. The maximum Gasteiger partial charge on any atom is 0.334 e. The van der Waals surface area contributed by atoms with Crippen LogP contribution in [-0.4, -0.2) is 26.3 Å². The van der Waals surface area contributed by atoms with Crippen molar-refractivity contribution >= 4 is 28.6 Å². The highest BCUT2D eigenvalue weighted by atomic mass is 35.5. The fourth-order valence-electron chi connectivity index (χ4n) is 3.19. The molecule has 11 heteroatoms. The molecule has 0 amide bonds. The van der Waals surface area contributed by atoms with Crippen molar-refractivity contribution in [2.75, 3.05) is 12.1 Å². The predicted octanol–water partition coefficient (Wildman–Crippen LogP) is 2.60. The molecule has 0 saturated carbocycles. The van der Waals surface area contributed by atoms with E-state index in [9.17, 15) is 14.0 Å². The summed E-state index contributed by atoms with van der Waals surface area (Å²) in [6.45, 7) is 0.303. The van der Waals surface area contributed by atoms with Crippen LogP contribution in [-0.2, 0) is 6.54 Å². The average molecular weight is 442 g/mol. The topological polar surface area (TPSA) is 111 Å². The number of hydrogen-bond donors (Lipinski definition) is 2. The van der Waals surface area contributed by atoms with Crippen molar-refractivity contribution in [3.8, 4) is 17.2 Å². The van der Waals surface area contributed by atoms with Gasteiger partial charge in [0.05, 0.1) is 5.69 Å². The van der Waals surface area contributed by atoms with Crippen molar-refractivity contribution < 1.29 is 13.9 Å². The third-order valence-electron chi connectivity index (χ3n) is 4.72. The van der Waals surface area contributed by atoms with E-state index < -0.39 is 17.1 Å². The zero-order valence-corrected chi connectivity index (χ0v) is 16.4. The van der Waals surface area contributed by atoms with Gasteiger partial charge in [0.2, 0.25) is 12.7 Å². The number of H-pyrrole nitrogens is 1. The molecule has 0 radical (unpaired) electrons. The largest absolute Gasteiger partial charge is 0.454 e. The Bertz CT molecular complexity index is 1450. The van der Waals surface area contributed by atoms with Gasteiger partial charge in [0.1, 0.15) is 11.2 Å². The van der Waals surface area contributed by atoms with Gasteiger partial charge in [-0.15, -0.1) is 0 Å². The van der Waals surface area contributed by atoms with Crippen LogP contribution < -0.4 is 26.0 Å². The van der Waals surface area contributed by atoms with E-state index in [1.807, 2.05) is 0 Å². The molecule has 31 heavy (non-hydrogen) atoms. The lowest BCUT2D eigenvalue weighted by molar-refractivity contribution is 0.174. The van der Waals surface area contributed by atoms with Gasteiger partial charge in [-0.05, 0) is 29.8 Å². The number of aromatic nitrogens is 4. The van der Waals surface area contributed by atoms with Gasteiger partial charge < -0.3 is 14.8 Å². The molecule has 0 bridgehead atoms. The minimum absolute atomic E-state index is 0.0779. The second-order valence-electron chi connectivity index (χ2n) is 6.65. The minimum Gasteiger partial charge on any atom is -0.454 e. The van der Waals surface area contributed by atoms with E-state index in [-0.39, 0.29) is 35.3 Å². The molecular formula is C20H13ClFN5O4. The number of nitrogens with one attached hydrogen (secondary N) is 2. The van der Waals surface area contributed by atoms with Crippen molar-refractivity contribution in [1.82, 2.24) is 19.5 Å². The Kier molecular flexibility index (Phi) is 4.55. The van der Waals surface area contributed by atoms with Gasteiger partial charge in [-0.25, -0.2) is 18.7 Å². The minimum atomic E-state index is -0.664. The molecule has 1 aliphatic rings. The molecule has 156 valence electrons. The molecule has 4 aromatic rings. The van der Waals surface area contributed by atoms with Crippen molar-refractivity contribution in [2.45, 2.75) is 6.54 Å². The number of nitrogens with zero attached hydrogens (tertiary/aromatic N) is 3. The number of hydrogen-bond acceptors (Lipinski definition) is 7. The van der Waals surface area contributed by atoms with Crippen LogP contribution in [0.5, 0.6) is 11.5 Å². The Labute approximate surface area is 178 Å². The third kappa shape index (κ3) is 3.46.